The predicted molar refractivity (Wildman–Crippen MR) is 105 cm³/mol. The van der Waals surface area contributed by atoms with Crippen molar-refractivity contribution >= 4 is 43.7 Å². The maximum absolute atomic E-state index is 12.9. The molecule has 1 aliphatic rings. The number of nitrogens with zero attached hydrogens (tertiary/aromatic N) is 1. The van der Waals surface area contributed by atoms with E-state index in [2.05, 4.69) is 15.9 Å². The molecule has 0 saturated carbocycles. The summed E-state index contributed by atoms with van der Waals surface area (Å²) in [6.45, 7) is 1.53. The van der Waals surface area contributed by atoms with Crippen molar-refractivity contribution in [3.05, 3.63) is 69.8 Å². The zero-order chi connectivity index (χ0) is 20.5. The number of likely N-dealkylation sites (N-methyl/N-ethyl adjacent to an activating group) is 1. The first-order valence-corrected chi connectivity index (χ1v) is 10.5. The van der Waals surface area contributed by atoms with Crippen LogP contribution in [0.1, 0.15) is 22.8 Å². The number of hydrogen-bond donors (Lipinski definition) is 0. The first-order valence-electron chi connectivity index (χ1n) is 8.23. The molecule has 7 nitrogen and oxygen atoms in total. The third-order valence-corrected chi connectivity index (χ3v) is 6.57. The highest BCUT2D eigenvalue weighted by Gasteiger charge is 2.41. The Bertz CT molecular complexity index is 1080. The van der Waals surface area contributed by atoms with Crippen LogP contribution < -0.4 is 0 Å². The molecule has 0 spiro atoms. The van der Waals surface area contributed by atoms with Gasteiger partial charge in [-0.25, -0.2) is 18.0 Å². The van der Waals surface area contributed by atoms with Crippen LogP contribution in [0.4, 0.5) is 0 Å². The SMILES string of the molecule is CCN1C(C(=O)OC)=C(OC(=O)c2ccc(Br)cc2)c2ccccc2S1(=O)=O. The Balaban J connectivity index is 2.20. The molecule has 0 bridgehead atoms. The summed E-state index contributed by atoms with van der Waals surface area (Å²) in [5.74, 6) is -1.81. The first kappa shape index (κ1) is 20.1. The maximum Gasteiger partial charge on any atom is 0.359 e. The predicted octanol–water partition coefficient (Wildman–Crippen LogP) is 3.17. The lowest BCUT2D eigenvalue weighted by molar-refractivity contribution is -0.137. The largest absolute Gasteiger partial charge is 0.464 e. The second-order valence-corrected chi connectivity index (χ2v) is 8.48. The van der Waals surface area contributed by atoms with Crippen LogP contribution in [0.15, 0.2) is 63.6 Å². The summed E-state index contributed by atoms with van der Waals surface area (Å²) in [5, 5.41) is 0. The number of fused-ring (bicyclic) bond motifs is 1. The van der Waals surface area contributed by atoms with E-state index in [1.54, 1.807) is 43.3 Å². The number of halogens is 1. The summed E-state index contributed by atoms with van der Waals surface area (Å²) in [4.78, 5) is 25.0. The van der Waals surface area contributed by atoms with Gasteiger partial charge in [-0.3, -0.25) is 4.31 Å². The van der Waals surface area contributed by atoms with Crippen LogP contribution in [0.5, 0.6) is 0 Å². The second-order valence-electron chi connectivity index (χ2n) is 5.73. The van der Waals surface area contributed by atoms with Crippen molar-refractivity contribution in [2.24, 2.45) is 0 Å². The van der Waals surface area contributed by atoms with Crippen LogP contribution in [0.3, 0.4) is 0 Å². The molecule has 0 N–H and O–H groups in total. The van der Waals surface area contributed by atoms with Crippen molar-refractivity contribution in [2.75, 3.05) is 13.7 Å². The fraction of sp³-hybridized carbons (Fsp3) is 0.158. The number of benzene rings is 2. The summed E-state index contributed by atoms with van der Waals surface area (Å²) < 4.78 is 37.8. The Hall–Kier alpha value is -2.65. The Morgan fingerprint density at radius 1 is 1.04 bits per heavy atom. The quantitative estimate of drug-likeness (QED) is 0.644. The second kappa shape index (κ2) is 7.76. The Kier molecular flexibility index (Phi) is 5.57. The van der Waals surface area contributed by atoms with Crippen LogP contribution in [-0.4, -0.2) is 38.3 Å². The van der Waals surface area contributed by atoms with E-state index in [1.807, 2.05) is 0 Å². The number of rotatable bonds is 4. The highest BCUT2D eigenvalue weighted by molar-refractivity contribution is 9.10. The van der Waals surface area contributed by atoms with Crippen LogP contribution in [0, 0.1) is 0 Å². The van der Waals surface area contributed by atoms with Crippen molar-refractivity contribution in [3.8, 4) is 0 Å². The van der Waals surface area contributed by atoms with Gasteiger partial charge in [0.2, 0.25) is 0 Å². The van der Waals surface area contributed by atoms with E-state index in [0.717, 1.165) is 15.9 Å². The lowest BCUT2D eigenvalue weighted by Crippen LogP contribution is -2.39. The highest BCUT2D eigenvalue weighted by Crippen LogP contribution is 2.38. The molecule has 2 aromatic carbocycles. The molecule has 1 heterocycles. The molecular formula is C19H16BrNO6S. The number of carbonyl (C=O) groups is 2. The van der Waals surface area contributed by atoms with Crippen molar-refractivity contribution in [2.45, 2.75) is 11.8 Å². The lowest BCUT2D eigenvalue weighted by atomic mass is 10.1. The van der Waals surface area contributed by atoms with Gasteiger partial charge in [0.1, 0.15) is 0 Å². The maximum atomic E-state index is 12.9. The van der Waals surface area contributed by atoms with E-state index in [-0.39, 0.29) is 34.0 Å². The van der Waals surface area contributed by atoms with Crippen molar-refractivity contribution in [1.29, 1.82) is 0 Å². The minimum absolute atomic E-state index is 0.0412. The van der Waals surface area contributed by atoms with E-state index in [9.17, 15) is 18.0 Å². The van der Waals surface area contributed by atoms with Gasteiger partial charge in [-0.15, -0.1) is 0 Å². The third-order valence-electron chi connectivity index (χ3n) is 4.10. The summed E-state index contributed by atoms with van der Waals surface area (Å²) in [6.07, 6.45) is 0. The van der Waals surface area contributed by atoms with Gasteiger partial charge in [0, 0.05) is 16.6 Å². The zero-order valence-corrected chi connectivity index (χ0v) is 17.4. The number of esters is 2. The summed E-state index contributed by atoms with van der Waals surface area (Å²) in [6, 6.07) is 12.5. The topological polar surface area (TPSA) is 90.0 Å². The summed E-state index contributed by atoms with van der Waals surface area (Å²) in [7, 11) is -2.87. The molecule has 0 saturated heterocycles. The van der Waals surface area contributed by atoms with Gasteiger partial charge in [-0.1, -0.05) is 28.1 Å². The number of hydrogen-bond acceptors (Lipinski definition) is 6. The van der Waals surface area contributed by atoms with Crippen molar-refractivity contribution < 1.29 is 27.5 Å². The van der Waals surface area contributed by atoms with Crippen LogP contribution >= 0.6 is 15.9 Å². The molecule has 2 aromatic rings. The monoisotopic (exact) mass is 465 g/mol. The van der Waals surface area contributed by atoms with Crippen LogP contribution in [0.25, 0.3) is 5.76 Å². The molecule has 0 radical (unpaired) electrons. The van der Waals surface area contributed by atoms with Gasteiger partial charge in [-0.05, 0) is 43.3 Å². The smallest absolute Gasteiger partial charge is 0.359 e. The normalized spacial score (nSPS) is 15.0. The number of ether oxygens (including phenoxy) is 2. The van der Waals surface area contributed by atoms with Crippen molar-refractivity contribution in [3.63, 3.8) is 0 Å². The summed E-state index contributed by atoms with van der Waals surface area (Å²) in [5.41, 5.74) is 0.0288. The minimum Gasteiger partial charge on any atom is -0.464 e. The standard InChI is InChI=1S/C19H16BrNO6S/c1-3-21-16(19(23)26-2)17(14-6-4-5-7-15(14)28(21,24)25)27-18(22)12-8-10-13(20)11-9-12/h4-11H,3H2,1-2H3. The van der Waals surface area contributed by atoms with Gasteiger partial charge in [0.15, 0.2) is 11.5 Å². The van der Waals surface area contributed by atoms with Gasteiger partial charge >= 0.3 is 11.9 Å². The molecule has 0 fully saturated rings. The van der Waals surface area contributed by atoms with Gasteiger partial charge < -0.3 is 9.47 Å². The third kappa shape index (κ3) is 3.43. The molecule has 0 atom stereocenters. The fourth-order valence-electron chi connectivity index (χ4n) is 2.82. The number of carbonyl (C=O) groups excluding carboxylic acids is 2. The Morgan fingerprint density at radius 2 is 1.68 bits per heavy atom. The molecule has 9 heteroatoms. The average Bonchev–Trinajstić information content (AvgIpc) is 2.69. The van der Waals surface area contributed by atoms with Crippen molar-refractivity contribution in [1.82, 2.24) is 4.31 Å². The molecule has 0 aromatic heterocycles. The van der Waals surface area contributed by atoms with Gasteiger partial charge in [0.25, 0.3) is 10.0 Å². The number of sulfonamides is 1. The summed E-state index contributed by atoms with van der Waals surface area (Å²) >= 11 is 3.29. The van der Waals surface area contributed by atoms with E-state index in [4.69, 9.17) is 9.47 Å². The van der Waals surface area contributed by atoms with Gasteiger partial charge in [-0.2, -0.15) is 0 Å². The molecular weight excluding hydrogens is 450 g/mol. The molecule has 146 valence electrons. The first-order chi connectivity index (χ1) is 13.3. The number of methoxy groups -OCH3 is 1. The van der Waals surface area contributed by atoms with Gasteiger partial charge in [0.05, 0.1) is 17.6 Å². The zero-order valence-electron chi connectivity index (χ0n) is 15.0. The average molecular weight is 466 g/mol. The lowest BCUT2D eigenvalue weighted by Gasteiger charge is -2.31. The van der Waals surface area contributed by atoms with E-state index < -0.39 is 22.0 Å². The Labute approximate surface area is 170 Å². The molecule has 0 aliphatic carbocycles. The molecule has 0 unspecified atom stereocenters. The fourth-order valence-corrected chi connectivity index (χ4v) is 4.75. The molecule has 1 aliphatic heterocycles. The van der Waals surface area contributed by atoms with E-state index >= 15 is 0 Å². The molecule has 28 heavy (non-hydrogen) atoms. The van der Waals surface area contributed by atoms with E-state index in [0.29, 0.717) is 0 Å². The highest BCUT2D eigenvalue weighted by atomic mass is 79.9. The van der Waals surface area contributed by atoms with E-state index in [1.165, 1.54) is 12.1 Å². The Morgan fingerprint density at radius 3 is 2.29 bits per heavy atom. The minimum atomic E-state index is -4.00. The molecule has 3 rings (SSSR count). The van der Waals surface area contributed by atoms with Crippen LogP contribution in [-0.2, 0) is 24.3 Å². The molecule has 0 amide bonds. The van der Waals surface area contributed by atoms with Crippen LogP contribution in [0.2, 0.25) is 0 Å².